The first-order valence-electron chi connectivity index (χ1n) is 30.5. The molecule has 69 heavy (non-hydrogen) atoms. The van der Waals surface area contributed by atoms with E-state index in [2.05, 4.69) is 57.2 Å². The molecule has 6 nitrogen and oxygen atoms in total. The molecule has 0 bridgehead atoms. The van der Waals surface area contributed by atoms with Gasteiger partial charge in [0.25, 0.3) is 0 Å². The van der Waals surface area contributed by atoms with E-state index in [0.717, 1.165) is 77.0 Å². The largest absolute Gasteiger partial charge is 0.462 e. The van der Waals surface area contributed by atoms with E-state index in [1.807, 2.05) is 0 Å². The van der Waals surface area contributed by atoms with Gasteiger partial charge in [-0.05, 0) is 44.9 Å². The molecule has 0 heterocycles. The van der Waals surface area contributed by atoms with E-state index in [1.165, 1.54) is 212 Å². The second kappa shape index (κ2) is 58.2. The minimum absolute atomic E-state index is 0.0754. The van der Waals surface area contributed by atoms with E-state index < -0.39 is 6.10 Å². The number of rotatable bonds is 56. The Hall–Kier alpha value is -2.37. The summed E-state index contributed by atoms with van der Waals surface area (Å²) in [5, 5.41) is 0. The first kappa shape index (κ1) is 66.6. The van der Waals surface area contributed by atoms with Crippen LogP contribution in [0, 0.1) is 0 Å². The molecule has 0 aromatic carbocycles. The minimum Gasteiger partial charge on any atom is -0.462 e. The summed E-state index contributed by atoms with van der Waals surface area (Å²) >= 11 is 0. The number of allylic oxidation sites excluding steroid dienone is 6. The molecule has 1 atom stereocenters. The first-order chi connectivity index (χ1) is 34.0. The monoisotopic (exact) mass is 969 g/mol. The van der Waals surface area contributed by atoms with Gasteiger partial charge in [-0.25, -0.2) is 0 Å². The summed E-state index contributed by atoms with van der Waals surface area (Å²) in [5.41, 5.74) is 0. The zero-order valence-electron chi connectivity index (χ0n) is 46.3. The molecule has 0 rings (SSSR count). The molecule has 0 spiro atoms. The molecule has 0 radical (unpaired) electrons. The predicted molar refractivity (Wildman–Crippen MR) is 298 cm³/mol. The third-order valence-electron chi connectivity index (χ3n) is 13.7. The van der Waals surface area contributed by atoms with Gasteiger partial charge in [0, 0.05) is 19.3 Å². The van der Waals surface area contributed by atoms with Crippen molar-refractivity contribution in [2.24, 2.45) is 0 Å². The van der Waals surface area contributed by atoms with Crippen molar-refractivity contribution in [3.05, 3.63) is 36.5 Å². The molecule has 0 aliphatic rings. The topological polar surface area (TPSA) is 78.9 Å². The maximum atomic E-state index is 12.9. The highest BCUT2D eigenvalue weighted by Gasteiger charge is 2.19. The molecule has 404 valence electrons. The molecular formula is C63H116O6. The van der Waals surface area contributed by atoms with E-state index in [0.29, 0.717) is 19.3 Å². The van der Waals surface area contributed by atoms with Crippen molar-refractivity contribution < 1.29 is 28.6 Å². The van der Waals surface area contributed by atoms with Crippen molar-refractivity contribution in [2.75, 3.05) is 13.2 Å². The lowest BCUT2D eigenvalue weighted by Crippen LogP contribution is -2.30. The number of hydrogen-bond acceptors (Lipinski definition) is 6. The van der Waals surface area contributed by atoms with Crippen LogP contribution >= 0.6 is 0 Å². The Labute approximate surface area is 429 Å². The zero-order valence-corrected chi connectivity index (χ0v) is 46.3. The molecule has 0 saturated heterocycles. The summed E-state index contributed by atoms with van der Waals surface area (Å²) in [6.07, 6.45) is 69.9. The molecule has 6 heteroatoms. The standard InChI is InChI=1S/C63H116O6/c1-4-7-10-13-16-19-22-25-28-30-32-34-35-38-41-44-47-50-53-56-62(65)68-59-60(58-67-61(64)55-52-49-46-43-40-37-27-24-21-18-15-12-9-6-3)69-63(66)57-54-51-48-45-42-39-36-33-31-29-26-23-20-17-14-11-8-5-2/h23,26,29,31,33,36,60H,4-22,24-25,27-28,30,32,34-35,37-59H2,1-3H3/b26-23-,31-29-,36-33-. The van der Waals surface area contributed by atoms with Crippen LogP contribution in [0.3, 0.4) is 0 Å². The van der Waals surface area contributed by atoms with Crippen molar-refractivity contribution >= 4 is 17.9 Å². The fraction of sp³-hybridized carbons (Fsp3) is 0.857. The van der Waals surface area contributed by atoms with Crippen LogP contribution in [-0.2, 0) is 28.6 Å². The Morgan fingerprint density at radius 2 is 0.522 bits per heavy atom. The summed E-state index contributed by atoms with van der Waals surface area (Å²) in [6.45, 7) is 6.66. The van der Waals surface area contributed by atoms with Gasteiger partial charge in [-0.2, -0.15) is 0 Å². The van der Waals surface area contributed by atoms with Gasteiger partial charge in [-0.3, -0.25) is 14.4 Å². The highest BCUT2D eigenvalue weighted by molar-refractivity contribution is 5.71. The molecule has 0 aromatic heterocycles. The molecule has 0 aromatic rings. The Kier molecular flexibility index (Phi) is 56.2. The Morgan fingerprint density at radius 3 is 0.797 bits per heavy atom. The molecule has 0 amide bonds. The zero-order chi connectivity index (χ0) is 50.0. The number of carbonyl (C=O) groups excluding carboxylic acids is 3. The fourth-order valence-electron chi connectivity index (χ4n) is 9.09. The Morgan fingerprint density at radius 1 is 0.290 bits per heavy atom. The van der Waals surface area contributed by atoms with Gasteiger partial charge in [-0.15, -0.1) is 0 Å². The number of esters is 3. The average molecular weight is 970 g/mol. The normalized spacial score (nSPS) is 12.2. The third kappa shape index (κ3) is 56.4. The van der Waals surface area contributed by atoms with Crippen molar-refractivity contribution in [3.63, 3.8) is 0 Å². The number of carbonyl (C=O) groups is 3. The van der Waals surface area contributed by atoms with Crippen molar-refractivity contribution in [1.82, 2.24) is 0 Å². The fourth-order valence-corrected chi connectivity index (χ4v) is 9.09. The van der Waals surface area contributed by atoms with Crippen molar-refractivity contribution in [3.8, 4) is 0 Å². The summed E-state index contributed by atoms with van der Waals surface area (Å²) in [5.74, 6) is -0.873. The lowest BCUT2D eigenvalue weighted by Gasteiger charge is -2.18. The summed E-state index contributed by atoms with van der Waals surface area (Å²) in [6, 6.07) is 0. The van der Waals surface area contributed by atoms with Gasteiger partial charge in [0.2, 0.25) is 0 Å². The molecule has 1 unspecified atom stereocenters. The van der Waals surface area contributed by atoms with Crippen LogP contribution in [0.4, 0.5) is 0 Å². The second-order valence-corrected chi connectivity index (χ2v) is 20.7. The lowest BCUT2D eigenvalue weighted by molar-refractivity contribution is -0.167. The van der Waals surface area contributed by atoms with Crippen LogP contribution in [-0.4, -0.2) is 37.2 Å². The summed E-state index contributed by atoms with van der Waals surface area (Å²) in [4.78, 5) is 38.2. The van der Waals surface area contributed by atoms with Crippen LogP contribution in [0.25, 0.3) is 0 Å². The van der Waals surface area contributed by atoms with E-state index in [1.54, 1.807) is 0 Å². The van der Waals surface area contributed by atoms with Gasteiger partial charge in [0.05, 0.1) is 0 Å². The number of hydrogen-bond donors (Lipinski definition) is 0. The first-order valence-corrected chi connectivity index (χ1v) is 30.5. The van der Waals surface area contributed by atoms with Crippen LogP contribution in [0.5, 0.6) is 0 Å². The minimum atomic E-state index is -0.779. The number of unbranched alkanes of at least 4 members (excludes halogenated alkanes) is 41. The lowest BCUT2D eigenvalue weighted by atomic mass is 10.0. The van der Waals surface area contributed by atoms with E-state index >= 15 is 0 Å². The van der Waals surface area contributed by atoms with Crippen molar-refractivity contribution in [1.29, 1.82) is 0 Å². The number of ether oxygens (including phenoxy) is 3. The highest BCUT2D eigenvalue weighted by atomic mass is 16.6. The molecule has 0 saturated carbocycles. The predicted octanol–water partition coefficient (Wildman–Crippen LogP) is 20.4. The molecule has 0 N–H and O–H groups in total. The summed E-state index contributed by atoms with van der Waals surface area (Å²) in [7, 11) is 0. The van der Waals surface area contributed by atoms with E-state index in [-0.39, 0.29) is 31.1 Å². The van der Waals surface area contributed by atoms with E-state index in [4.69, 9.17) is 14.2 Å². The smallest absolute Gasteiger partial charge is 0.306 e. The molecule has 0 fully saturated rings. The average Bonchev–Trinajstić information content (AvgIpc) is 3.35. The van der Waals surface area contributed by atoms with Gasteiger partial charge >= 0.3 is 17.9 Å². The van der Waals surface area contributed by atoms with Crippen LogP contribution < -0.4 is 0 Å². The molecule has 0 aliphatic heterocycles. The van der Waals surface area contributed by atoms with Crippen LogP contribution in [0.1, 0.15) is 329 Å². The van der Waals surface area contributed by atoms with E-state index in [9.17, 15) is 14.4 Å². The summed E-state index contributed by atoms with van der Waals surface area (Å²) < 4.78 is 16.9. The van der Waals surface area contributed by atoms with Crippen molar-refractivity contribution in [2.45, 2.75) is 335 Å². The van der Waals surface area contributed by atoms with Gasteiger partial charge in [0.1, 0.15) is 13.2 Å². The van der Waals surface area contributed by atoms with Crippen LogP contribution in [0.15, 0.2) is 36.5 Å². The SMILES string of the molecule is CCCCCCC\C=C/C=C\C=C/CCCCCCCC(=O)OC(COC(=O)CCCCCCCCCCCCCCCC)COC(=O)CCCCCCCCCCCCCCCCCCCCC. The van der Waals surface area contributed by atoms with Crippen LogP contribution in [0.2, 0.25) is 0 Å². The Balaban J connectivity index is 4.35. The molecule has 0 aliphatic carbocycles. The molecular weight excluding hydrogens is 853 g/mol. The third-order valence-corrected chi connectivity index (χ3v) is 13.7. The van der Waals surface area contributed by atoms with Gasteiger partial charge in [0.15, 0.2) is 6.10 Å². The van der Waals surface area contributed by atoms with Gasteiger partial charge in [-0.1, -0.05) is 301 Å². The highest BCUT2D eigenvalue weighted by Crippen LogP contribution is 2.17. The second-order valence-electron chi connectivity index (χ2n) is 20.7. The maximum Gasteiger partial charge on any atom is 0.306 e. The Bertz CT molecular complexity index is 1160. The van der Waals surface area contributed by atoms with Gasteiger partial charge < -0.3 is 14.2 Å². The quantitative estimate of drug-likeness (QED) is 0.0261. The maximum absolute atomic E-state index is 12.9.